The Morgan fingerprint density at radius 2 is 1.81 bits per heavy atom. The summed E-state index contributed by atoms with van der Waals surface area (Å²) in [4.78, 5) is 12.5. The first-order valence-corrected chi connectivity index (χ1v) is 10.6. The SMILES string of the molecule is CNC(C)CNC(=O)C(NS(=O)(=O)c1ccc2c(c1)OCCCO2)C(C)C. The van der Waals surface area contributed by atoms with Gasteiger partial charge in [0.1, 0.15) is 6.04 Å². The molecule has 1 aromatic carbocycles. The second kappa shape index (κ2) is 9.38. The van der Waals surface area contributed by atoms with Crippen LogP contribution in [0.4, 0.5) is 0 Å². The molecule has 1 aromatic rings. The molecule has 0 radical (unpaired) electrons. The molecule has 2 unspecified atom stereocenters. The Bertz CT molecular complexity index is 751. The summed E-state index contributed by atoms with van der Waals surface area (Å²) in [6.45, 7) is 6.91. The fourth-order valence-corrected chi connectivity index (χ4v) is 3.86. The molecule has 0 bridgehead atoms. The van der Waals surface area contributed by atoms with E-state index < -0.39 is 16.1 Å². The molecule has 1 heterocycles. The largest absolute Gasteiger partial charge is 0.490 e. The van der Waals surface area contributed by atoms with Crippen LogP contribution in [0.3, 0.4) is 0 Å². The van der Waals surface area contributed by atoms with Crippen molar-refractivity contribution in [1.82, 2.24) is 15.4 Å². The number of carbonyl (C=O) groups excluding carboxylic acids is 1. The fourth-order valence-electron chi connectivity index (χ4n) is 2.50. The highest BCUT2D eigenvalue weighted by Gasteiger charge is 2.29. The van der Waals surface area contributed by atoms with Crippen molar-refractivity contribution in [1.29, 1.82) is 0 Å². The van der Waals surface area contributed by atoms with E-state index in [0.29, 0.717) is 31.3 Å². The van der Waals surface area contributed by atoms with Gasteiger partial charge in [0.05, 0.1) is 18.1 Å². The van der Waals surface area contributed by atoms with Crippen LogP contribution >= 0.6 is 0 Å². The quantitative estimate of drug-likeness (QED) is 0.599. The molecule has 9 heteroatoms. The number of amides is 1. The number of ether oxygens (including phenoxy) is 2. The first kappa shape index (κ1) is 21.5. The Kier molecular flexibility index (Phi) is 7.46. The lowest BCUT2D eigenvalue weighted by Crippen LogP contribution is -2.51. The number of fused-ring (bicyclic) bond motifs is 1. The molecule has 152 valence electrons. The van der Waals surface area contributed by atoms with Gasteiger partial charge in [0, 0.05) is 25.1 Å². The molecule has 0 saturated carbocycles. The number of rotatable bonds is 8. The van der Waals surface area contributed by atoms with E-state index in [2.05, 4.69) is 15.4 Å². The maximum absolute atomic E-state index is 12.8. The van der Waals surface area contributed by atoms with Gasteiger partial charge in [-0.1, -0.05) is 13.8 Å². The predicted octanol–water partition coefficient (Wildman–Crippen LogP) is 0.875. The smallest absolute Gasteiger partial charge is 0.241 e. The molecule has 0 fully saturated rings. The highest BCUT2D eigenvalue weighted by atomic mass is 32.2. The van der Waals surface area contributed by atoms with Crippen molar-refractivity contribution in [3.63, 3.8) is 0 Å². The monoisotopic (exact) mass is 399 g/mol. The molecule has 2 atom stereocenters. The van der Waals surface area contributed by atoms with Gasteiger partial charge < -0.3 is 20.1 Å². The Hall–Kier alpha value is -1.84. The summed E-state index contributed by atoms with van der Waals surface area (Å²) in [7, 11) is -2.11. The Morgan fingerprint density at radius 3 is 2.44 bits per heavy atom. The van der Waals surface area contributed by atoms with Gasteiger partial charge in [-0.05, 0) is 32.0 Å². The van der Waals surface area contributed by atoms with E-state index in [4.69, 9.17) is 9.47 Å². The van der Waals surface area contributed by atoms with Crippen molar-refractivity contribution < 1.29 is 22.7 Å². The summed E-state index contributed by atoms with van der Waals surface area (Å²) in [6.07, 6.45) is 0.732. The topological polar surface area (TPSA) is 106 Å². The molecule has 3 N–H and O–H groups in total. The highest BCUT2D eigenvalue weighted by molar-refractivity contribution is 7.89. The zero-order valence-corrected chi connectivity index (χ0v) is 17.1. The summed E-state index contributed by atoms with van der Waals surface area (Å²) >= 11 is 0. The van der Waals surface area contributed by atoms with Crippen molar-refractivity contribution in [3.8, 4) is 11.5 Å². The minimum Gasteiger partial charge on any atom is -0.490 e. The van der Waals surface area contributed by atoms with Crippen LogP contribution < -0.4 is 24.8 Å². The van der Waals surface area contributed by atoms with Crippen LogP contribution in [0, 0.1) is 5.92 Å². The number of hydrogen-bond acceptors (Lipinski definition) is 6. The summed E-state index contributed by atoms with van der Waals surface area (Å²) in [5, 5.41) is 5.79. The van der Waals surface area contributed by atoms with Crippen LogP contribution in [-0.2, 0) is 14.8 Å². The Morgan fingerprint density at radius 1 is 1.15 bits per heavy atom. The van der Waals surface area contributed by atoms with Gasteiger partial charge in [0.25, 0.3) is 0 Å². The van der Waals surface area contributed by atoms with Gasteiger partial charge in [0.15, 0.2) is 11.5 Å². The van der Waals surface area contributed by atoms with Crippen LogP contribution in [0.25, 0.3) is 0 Å². The Balaban J connectivity index is 2.16. The number of likely N-dealkylation sites (N-methyl/N-ethyl adjacent to an activating group) is 1. The number of hydrogen-bond donors (Lipinski definition) is 3. The third-order valence-electron chi connectivity index (χ3n) is 4.34. The molecule has 0 aromatic heterocycles. The van der Waals surface area contributed by atoms with E-state index in [9.17, 15) is 13.2 Å². The van der Waals surface area contributed by atoms with Crippen molar-refractivity contribution in [2.45, 2.75) is 44.2 Å². The third-order valence-corrected chi connectivity index (χ3v) is 5.77. The van der Waals surface area contributed by atoms with Crippen LogP contribution in [0.5, 0.6) is 11.5 Å². The lowest BCUT2D eigenvalue weighted by molar-refractivity contribution is -0.123. The lowest BCUT2D eigenvalue weighted by Gasteiger charge is -2.23. The van der Waals surface area contributed by atoms with E-state index in [1.165, 1.54) is 12.1 Å². The Labute approximate surface area is 161 Å². The maximum Gasteiger partial charge on any atom is 0.241 e. The standard InChI is InChI=1S/C18H29N3O5S/c1-12(2)17(18(22)20-11-13(3)19-4)21-27(23,24)14-6-7-15-16(10-14)26-9-5-8-25-15/h6-7,10,12-13,17,19,21H,5,8-9,11H2,1-4H3,(H,20,22). The number of sulfonamides is 1. The molecule has 27 heavy (non-hydrogen) atoms. The van der Waals surface area contributed by atoms with Gasteiger partial charge in [-0.15, -0.1) is 0 Å². The molecular formula is C18H29N3O5S. The maximum atomic E-state index is 12.8. The minimum atomic E-state index is -3.90. The van der Waals surface area contributed by atoms with Gasteiger partial charge in [-0.25, -0.2) is 8.42 Å². The molecule has 0 spiro atoms. The average molecular weight is 400 g/mol. The molecule has 1 aliphatic rings. The van der Waals surface area contributed by atoms with Gasteiger partial charge >= 0.3 is 0 Å². The summed E-state index contributed by atoms with van der Waals surface area (Å²) < 4.78 is 39.2. The second-order valence-corrected chi connectivity index (χ2v) is 8.65. The number of carbonyl (C=O) groups is 1. The number of benzene rings is 1. The molecule has 0 saturated heterocycles. The van der Waals surface area contributed by atoms with Gasteiger partial charge in [-0.3, -0.25) is 4.79 Å². The molecule has 1 amide bonds. The number of nitrogens with one attached hydrogen (secondary N) is 3. The van der Waals surface area contributed by atoms with Crippen LogP contribution in [-0.4, -0.2) is 53.2 Å². The summed E-state index contributed by atoms with van der Waals surface area (Å²) in [6, 6.07) is 3.67. The van der Waals surface area contributed by atoms with E-state index in [0.717, 1.165) is 6.42 Å². The van der Waals surface area contributed by atoms with E-state index in [1.54, 1.807) is 27.0 Å². The lowest BCUT2D eigenvalue weighted by atomic mass is 10.1. The summed E-state index contributed by atoms with van der Waals surface area (Å²) in [5.41, 5.74) is 0. The average Bonchev–Trinajstić information content (AvgIpc) is 2.88. The van der Waals surface area contributed by atoms with Gasteiger partial charge in [-0.2, -0.15) is 4.72 Å². The minimum absolute atomic E-state index is 0.0359. The zero-order chi connectivity index (χ0) is 20.0. The molecule has 8 nitrogen and oxygen atoms in total. The summed E-state index contributed by atoms with van der Waals surface area (Å²) in [5.74, 6) is 0.338. The van der Waals surface area contributed by atoms with Crippen LogP contribution in [0.15, 0.2) is 23.1 Å². The normalized spacial score (nSPS) is 16.5. The fraction of sp³-hybridized carbons (Fsp3) is 0.611. The zero-order valence-electron chi connectivity index (χ0n) is 16.2. The van der Waals surface area contributed by atoms with Crippen LogP contribution in [0.2, 0.25) is 0 Å². The van der Waals surface area contributed by atoms with Crippen molar-refractivity contribution in [2.24, 2.45) is 5.92 Å². The first-order valence-electron chi connectivity index (χ1n) is 9.11. The molecule has 2 rings (SSSR count). The third kappa shape index (κ3) is 5.82. The second-order valence-electron chi connectivity index (χ2n) is 6.94. The van der Waals surface area contributed by atoms with E-state index in [1.807, 2.05) is 6.92 Å². The van der Waals surface area contributed by atoms with Crippen LogP contribution in [0.1, 0.15) is 27.2 Å². The molecule has 1 aliphatic heterocycles. The molecule has 0 aliphatic carbocycles. The van der Waals surface area contributed by atoms with Gasteiger partial charge in [0.2, 0.25) is 15.9 Å². The predicted molar refractivity (Wildman–Crippen MR) is 103 cm³/mol. The van der Waals surface area contributed by atoms with E-state index >= 15 is 0 Å². The van der Waals surface area contributed by atoms with Crippen molar-refractivity contribution >= 4 is 15.9 Å². The van der Waals surface area contributed by atoms with Crippen molar-refractivity contribution in [3.05, 3.63) is 18.2 Å². The first-order chi connectivity index (χ1) is 12.7. The molecular weight excluding hydrogens is 370 g/mol. The highest BCUT2D eigenvalue weighted by Crippen LogP contribution is 2.32. The van der Waals surface area contributed by atoms with E-state index in [-0.39, 0.29) is 22.8 Å². The van der Waals surface area contributed by atoms with Crippen molar-refractivity contribution in [2.75, 3.05) is 26.8 Å².